The Morgan fingerprint density at radius 3 is 2.52 bits per heavy atom. The van der Waals surface area contributed by atoms with Crippen molar-refractivity contribution in [1.29, 1.82) is 0 Å². The van der Waals surface area contributed by atoms with Gasteiger partial charge in [-0.3, -0.25) is 4.79 Å². The van der Waals surface area contributed by atoms with Crippen molar-refractivity contribution in [2.75, 3.05) is 5.75 Å². The fourth-order valence-electron chi connectivity index (χ4n) is 2.15. The number of hydrogen-bond donors (Lipinski definition) is 0. The van der Waals surface area contributed by atoms with Gasteiger partial charge in [0.15, 0.2) is 5.78 Å². The molecule has 23 heavy (non-hydrogen) atoms. The molecule has 0 bridgehead atoms. The predicted molar refractivity (Wildman–Crippen MR) is 112 cm³/mol. The Kier molecular flexibility index (Phi) is 5.85. The average Bonchev–Trinajstić information content (AvgIpc) is 2.95. The van der Waals surface area contributed by atoms with Crippen molar-refractivity contribution in [1.82, 2.24) is 0 Å². The Balaban J connectivity index is 1.73. The van der Waals surface area contributed by atoms with E-state index in [-0.39, 0.29) is 13.7 Å². The third-order valence-corrected chi connectivity index (χ3v) is 10.8. The quantitative estimate of drug-likeness (QED) is 0.325. The number of carbonyl (C=O) groups is 1. The van der Waals surface area contributed by atoms with Gasteiger partial charge in [0.25, 0.3) is 0 Å². The van der Waals surface area contributed by atoms with E-state index in [4.69, 9.17) is 0 Å². The summed E-state index contributed by atoms with van der Waals surface area (Å²) in [7, 11) is 1.72. The van der Waals surface area contributed by atoms with Gasteiger partial charge in [0.1, 0.15) is 0 Å². The van der Waals surface area contributed by atoms with E-state index in [1.54, 1.807) is 22.6 Å². The van der Waals surface area contributed by atoms with Gasteiger partial charge in [-0.1, -0.05) is 71.0 Å². The lowest BCUT2D eigenvalue weighted by Crippen LogP contribution is -2.05. The number of rotatable bonds is 4. The second kappa shape index (κ2) is 7.88. The van der Waals surface area contributed by atoms with Crippen LogP contribution in [0.4, 0.5) is 0 Å². The molecule has 0 saturated heterocycles. The van der Waals surface area contributed by atoms with Crippen molar-refractivity contribution < 1.29 is 4.79 Å². The lowest BCUT2D eigenvalue weighted by molar-refractivity contribution is 0.102. The molecule has 0 radical (unpaired) electrons. The van der Waals surface area contributed by atoms with Gasteiger partial charge in [-0.2, -0.15) is 0 Å². The summed E-state index contributed by atoms with van der Waals surface area (Å²) < 4.78 is 1.25. The number of aryl methyl sites for hydroxylation is 1. The molecular weight excluding hydrogens is 408 g/mol. The Morgan fingerprint density at radius 2 is 1.83 bits per heavy atom. The van der Waals surface area contributed by atoms with Crippen LogP contribution in [0.3, 0.4) is 0 Å². The fourth-order valence-corrected chi connectivity index (χ4v) is 8.39. The first-order valence-corrected chi connectivity index (χ1v) is 12.5. The summed E-state index contributed by atoms with van der Waals surface area (Å²) in [5.74, 6) is 0.644. The van der Waals surface area contributed by atoms with E-state index < -0.39 is 0 Å². The molecule has 118 valence electrons. The fraction of sp³-hybridized carbons (Fsp3) is 0.111. The van der Waals surface area contributed by atoms with E-state index in [1.807, 2.05) is 30.3 Å². The van der Waals surface area contributed by atoms with E-state index in [0.717, 1.165) is 5.56 Å². The molecule has 0 N–H and O–H groups in total. The number of benzene rings is 2. The molecule has 2 aromatic rings. The van der Waals surface area contributed by atoms with E-state index in [2.05, 4.69) is 51.4 Å². The summed E-state index contributed by atoms with van der Waals surface area (Å²) in [5.41, 5.74) is 4.49. The van der Waals surface area contributed by atoms with E-state index in [1.165, 1.54) is 20.9 Å². The third kappa shape index (κ3) is 4.21. The van der Waals surface area contributed by atoms with E-state index >= 15 is 0 Å². The van der Waals surface area contributed by atoms with Crippen LogP contribution in [0.2, 0.25) is 0 Å². The van der Waals surface area contributed by atoms with Crippen molar-refractivity contribution in [2.45, 2.75) is 6.92 Å². The topological polar surface area (TPSA) is 17.1 Å². The number of ketones is 1. The molecule has 0 aliphatic carbocycles. The average molecular weight is 423 g/mol. The van der Waals surface area contributed by atoms with Crippen molar-refractivity contribution in [3.05, 3.63) is 76.7 Å². The lowest BCUT2D eigenvalue weighted by Gasteiger charge is -2.09. The molecule has 0 spiro atoms. The number of halogens is 1. The summed E-state index contributed by atoms with van der Waals surface area (Å²) in [6.07, 6.45) is 0. The molecular formula is C18H15BrOS3. The smallest absolute Gasteiger partial charge is 0.173 e. The SMILES string of the molecule is Cc1ccc(C2=CSS(Br)=C2SCC(=O)c2ccccc2)cc1. The molecule has 2 aromatic carbocycles. The molecule has 1 heterocycles. The molecule has 0 fully saturated rings. The van der Waals surface area contributed by atoms with Crippen LogP contribution < -0.4 is 0 Å². The second-order valence-electron chi connectivity index (χ2n) is 5.08. The number of Topliss-reactive ketones (excluding diaryl/α,β-unsaturated/α-hetero) is 1. The van der Waals surface area contributed by atoms with Crippen LogP contribution in [0.15, 0.2) is 60.0 Å². The van der Waals surface area contributed by atoms with Gasteiger partial charge in [-0.05, 0) is 40.7 Å². The highest BCUT2D eigenvalue weighted by Gasteiger charge is 2.20. The minimum atomic E-state index is -0.0554. The van der Waals surface area contributed by atoms with Gasteiger partial charge in [-0.15, -0.1) is 11.8 Å². The molecule has 0 amide bonds. The second-order valence-corrected chi connectivity index (χ2v) is 12.4. The molecule has 1 unspecified atom stereocenters. The van der Waals surface area contributed by atoms with Gasteiger partial charge in [0.2, 0.25) is 0 Å². The van der Waals surface area contributed by atoms with Crippen LogP contribution in [0.25, 0.3) is 5.57 Å². The first-order valence-electron chi connectivity index (χ1n) is 7.08. The number of thioether (sulfide) groups is 1. The van der Waals surface area contributed by atoms with E-state index in [9.17, 15) is 4.79 Å². The number of carbonyl (C=O) groups excluding carboxylic acids is 1. The highest BCUT2D eigenvalue weighted by molar-refractivity contribution is 9.65. The van der Waals surface area contributed by atoms with Crippen LogP contribution in [0, 0.1) is 6.92 Å². The molecule has 1 aliphatic heterocycles. The summed E-state index contributed by atoms with van der Waals surface area (Å²) in [6, 6.07) is 18.1. The largest absolute Gasteiger partial charge is 0.293 e. The molecule has 5 heteroatoms. The highest BCUT2D eigenvalue weighted by atomic mass is 79.9. The van der Waals surface area contributed by atoms with E-state index in [0.29, 0.717) is 5.75 Å². The predicted octanol–water partition coefficient (Wildman–Crippen LogP) is 6.32. The summed E-state index contributed by atoms with van der Waals surface area (Å²) >= 11 is 5.38. The first-order chi connectivity index (χ1) is 11.1. The molecule has 0 saturated carbocycles. The zero-order valence-electron chi connectivity index (χ0n) is 12.5. The third-order valence-electron chi connectivity index (χ3n) is 3.41. The van der Waals surface area contributed by atoms with Crippen LogP contribution in [-0.4, -0.2) is 15.7 Å². The van der Waals surface area contributed by atoms with Crippen molar-refractivity contribution >= 4 is 60.9 Å². The summed E-state index contributed by atoms with van der Waals surface area (Å²) in [5, 5.41) is 2.19. The molecule has 1 atom stereocenters. The van der Waals surface area contributed by atoms with Crippen LogP contribution in [0.1, 0.15) is 21.5 Å². The minimum absolute atomic E-state index is 0.0554. The maximum atomic E-state index is 12.3. The normalized spacial score (nSPS) is 17.2. The van der Waals surface area contributed by atoms with Crippen LogP contribution in [0.5, 0.6) is 0 Å². The van der Waals surface area contributed by atoms with Crippen molar-refractivity contribution in [2.24, 2.45) is 0 Å². The number of hydrogen-bond acceptors (Lipinski definition) is 3. The molecule has 0 aromatic heterocycles. The zero-order chi connectivity index (χ0) is 16.2. The Bertz CT molecular complexity index is 780. The standard InChI is InChI=1S/C18H15BrOS3/c1-13-7-9-14(10-8-13)16-11-22-23(19)18(16)21-12-17(20)15-5-3-2-4-6-15/h2-11H,12H2,1H3. The van der Waals surface area contributed by atoms with Crippen molar-refractivity contribution in [3.63, 3.8) is 0 Å². The first kappa shape index (κ1) is 17.1. The maximum Gasteiger partial charge on any atom is 0.173 e. The van der Waals surface area contributed by atoms with Gasteiger partial charge in [0, 0.05) is 11.1 Å². The molecule has 1 aliphatic rings. The van der Waals surface area contributed by atoms with Gasteiger partial charge >= 0.3 is 0 Å². The Hall–Kier alpha value is -0.750. The molecule has 1 nitrogen and oxygen atoms in total. The summed E-state index contributed by atoms with van der Waals surface area (Å²) in [4.78, 5) is 12.3. The minimum Gasteiger partial charge on any atom is -0.293 e. The van der Waals surface area contributed by atoms with Gasteiger partial charge in [0.05, 0.1) is 9.95 Å². The Morgan fingerprint density at radius 1 is 1.13 bits per heavy atom. The zero-order valence-corrected chi connectivity index (χ0v) is 16.5. The van der Waals surface area contributed by atoms with Crippen LogP contribution >= 0.6 is 45.3 Å². The Labute approximate surface area is 154 Å². The lowest BCUT2D eigenvalue weighted by atomic mass is 10.1. The maximum absolute atomic E-state index is 12.3. The summed E-state index contributed by atoms with van der Waals surface area (Å²) in [6.45, 7) is 2.09. The van der Waals surface area contributed by atoms with Gasteiger partial charge < -0.3 is 0 Å². The highest BCUT2D eigenvalue weighted by Crippen LogP contribution is 2.52. The van der Waals surface area contributed by atoms with Crippen molar-refractivity contribution in [3.8, 4) is 0 Å². The monoisotopic (exact) mass is 422 g/mol. The van der Waals surface area contributed by atoms with Gasteiger partial charge in [-0.25, -0.2) is 0 Å². The van der Waals surface area contributed by atoms with Crippen LogP contribution in [-0.2, 0) is 0 Å². The molecule has 3 rings (SSSR count).